The lowest BCUT2D eigenvalue weighted by Gasteiger charge is -2.45. The van der Waals surface area contributed by atoms with Crippen LogP contribution in [0, 0.1) is 0 Å². The summed E-state index contributed by atoms with van der Waals surface area (Å²) in [4.78, 5) is 5.58. The Bertz CT molecular complexity index is 310. The molecule has 0 aliphatic carbocycles. The lowest BCUT2D eigenvalue weighted by Crippen LogP contribution is -2.54. The Morgan fingerprint density at radius 2 is 1.62 bits per heavy atom. The number of fused-ring (bicyclic) bond motifs is 2. The van der Waals surface area contributed by atoms with Gasteiger partial charge in [0.15, 0.2) is 0 Å². The summed E-state index contributed by atoms with van der Waals surface area (Å²) in [6, 6.07) is 4.08. The molecule has 3 heteroatoms. The van der Waals surface area contributed by atoms with E-state index in [1.807, 2.05) is 0 Å². The van der Waals surface area contributed by atoms with Crippen LogP contribution in [0.2, 0.25) is 0 Å². The van der Waals surface area contributed by atoms with Gasteiger partial charge in [0.2, 0.25) is 0 Å². The first-order chi connectivity index (χ1) is 10.2. The third kappa shape index (κ3) is 3.62. The molecule has 3 heterocycles. The van der Waals surface area contributed by atoms with Crippen LogP contribution in [0.5, 0.6) is 0 Å². The van der Waals surface area contributed by atoms with Crippen molar-refractivity contribution in [2.75, 3.05) is 19.6 Å². The Labute approximate surface area is 131 Å². The topological polar surface area (TPSA) is 18.5 Å². The number of likely N-dealkylation sites (tertiary alicyclic amines) is 1. The summed E-state index contributed by atoms with van der Waals surface area (Å²) in [6.45, 7) is 11.0. The van der Waals surface area contributed by atoms with Crippen LogP contribution in [0.15, 0.2) is 0 Å². The van der Waals surface area contributed by atoms with Crippen molar-refractivity contribution in [2.45, 2.75) is 95.9 Å². The molecular weight excluding hydrogens is 258 g/mol. The number of hydrogen-bond acceptors (Lipinski definition) is 3. The van der Waals surface area contributed by atoms with E-state index in [1.54, 1.807) is 0 Å². The third-order valence-corrected chi connectivity index (χ3v) is 6.10. The van der Waals surface area contributed by atoms with Gasteiger partial charge in [-0.2, -0.15) is 0 Å². The molecule has 122 valence electrons. The molecule has 0 aromatic heterocycles. The average molecular weight is 293 g/mol. The van der Waals surface area contributed by atoms with E-state index in [9.17, 15) is 0 Å². The number of hydrogen-bond donors (Lipinski definition) is 1. The first kappa shape index (κ1) is 15.8. The second kappa shape index (κ2) is 6.97. The normalized spacial score (nSPS) is 35.0. The van der Waals surface area contributed by atoms with E-state index in [0.717, 1.165) is 30.2 Å². The minimum absolute atomic E-state index is 0.723. The quantitative estimate of drug-likeness (QED) is 0.841. The molecule has 2 unspecified atom stereocenters. The molecule has 0 aromatic rings. The van der Waals surface area contributed by atoms with E-state index in [2.05, 4.69) is 35.9 Å². The highest BCUT2D eigenvalue weighted by atomic mass is 15.2. The zero-order valence-electron chi connectivity index (χ0n) is 14.4. The van der Waals surface area contributed by atoms with Crippen LogP contribution in [-0.2, 0) is 0 Å². The van der Waals surface area contributed by atoms with Crippen molar-refractivity contribution in [3.05, 3.63) is 0 Å². The zero-order valence-corrected chi connectivity index (χ0v) is 14.4. The van der Waals surface area contributed by atoms with Gasteiger partial charge in [-0.1, -0.05) is 6.92 Å². The summed E-state index contributed by atoms with van der Waals surface area (Å²) in [5.41, 5.74) is 0. The van der Waals surface area contributed by atoms with Crippen LogP contribution < -0.4 is 5.32 Å². The van der Waals surface area contributed by atoms with E-state index in [1.165, 1.54) is 64.6 Å². The van der Waals surface area contributed by atoms with Gasteiger partial charge in [0.1, 0.15) is 0 Å². The molecule has 0 saturated carbocycles. The highest BCUT2D eigenvalue weighted by Gasteiger charge is 2.38. The van der Waals surface area contributed by atoms with Gasteiger partial charge in [-0.3, -0.25) is 4.90 Å². The van der Waals surface area contributed by atoms with Crippen LogP contribution in [-0.4, -0.2) is 59.6 Å². The maximum atomic E-state index is 3.81. The Balaban J connectivity index is 1.59. The summed E-state index contributed by atoms with van der Waals surface area (Å²) in [5.74, 6) is 0. The minimum atomic E-state index is 0.723. The summed E-state index contributed by atoms with van der Waals surface area (Å²) in [5, 5.41) is 3.81. The molecule has 0 spiro atoms. The van der Waals surface area contributed by atoms with E-state index in [4.69, 9.17) is 0 Å². The molecule has 3 rings (SSSR count). The van der Waals surface area contributed by atoms with Crippen molar-refractivity contribution in [3.8, 4) is 0 Å². The molecular formula is C18H35N3. The van der Waals surface area contributed by atoms with Gasteiger partial charge >= 0.3 is 0 Å². The lowest BCUT2D eigenvalue weighted by molar-refractivity contribution is 0.0442. The smallest absolute Gasteiger partial charge is 0.0128 e. The Morgan fingerprint density at radius 3 is 2.14 bits per heavy atom. The largest absolute Gasteiger partial charge is 0.311 e. The van der Waals surface area contributed by atoms with Crippen molar-refractivity contribution < 1.29 is 0 Å². The van der Waals surface area contributed by atoms with Crippen molar-refractivity contribution in [1.82, 2.24) is 15.1 Å². The second-order valence-electron chi connectivity index (χ2n) is 7.86. The standard InChI is InChI=1S/C18H35N3/c1-4-9-21(17-7-10-20(11-8-17)14(2)3)18-12-15-5-6-16(13-18)19-15/h14-19H,4-13H2,1-3H3. The highest BCUT2D eigenvalue weighted by Crippen LogP contribution is 2.32. The Kier molecular flexibility index (Phi) is 5.23. The molecule has 0 aromatic carbocycles. The van der Waals surface area contributed by atoms with Crippen LogP contribution >= 0.6 is 0 Å². The monoisotopic (exact) mass is 293 g/mol. The van der Waals surface area contributed by atoms with Gasteiger partial charge in [-0.05, 0) is 78.4 Å². The van der Waals surface area contributed by atoms with E-state index < -0.39 is 0 Å². The van der Waals surface area contributed by atoms with Crippen molar-refractivity contribution >= 4 is 0 Å². The first-order valence-corrected chi connectivity index (χ1v) is 9.43. The summed E-state index contributed by atoms with van der Waals surface area (Å²) >= 11 is 0. The fraction of sp³-hybridized carbons (Fsp3) is 1.00. The number of nitrogens with zero attached hydrogens (tertiary/aromatic N) is 2. The third-order valence-electron chi connectivity index (χ3n) is 6.10. The summed E-state index contributed by atoms with van der Waals surface area (Å²) in [6.07, 6.45) is 9.74. The fourth-order valence-electron chi connectivity index (χ4n) is 4.95. The van der Waals surface area contributed by atoms with Crippen molar-refractivity contribution in [2.24, 2.45) is 0 Å². The van der Waals surface area contributed by atoms with E-state index in [-0.39, 0.29) is 0 Å². The molecule has 3 aliphatic rings. The molecule has 2 bridgehead atoms. The van der Waals surface area contributed by atoms with Gasteiger partial charge in [0, 0.05) is 30.2 Å². The molecule has 21 heavy (non-hydrogen) atoms. The zero-order chi connectivity index (χ0) is 14.8. The molecule has 2 atom stereocenters. The van der Waals surface area contributed by atoms with Gasteiger partial charge in [0.05, 0.1) is 0 Å². The number of rotatable bonds is 5. The SMILES string of the molecule is CCCN(C1CCN(C(C)C)CC1)C1CC2CCC(C1)N2. The molecule has 3 saturated heterocycles. The maximum Gasteiger partial charge on any atom is 0.0128 e. The maximum absolute atomic E-state index is 3.81. The number of nitrogens with one attached hydrogen (secondary N) is 1. The fourth-order valence-corrected chi connectivity index (χ4v) is 4.95. The first-order valence-electron chi connectivity index (χ1n) is 9.43. The van der Waals surface area contributed by atoms with Gasteiger partial charge in [-0.25, -0.2) is 0 Å². The summed E-state index contributed by atoms with van der Waals surface area (Å²) < 4.78 is 0. The van der Waals surface area contributed by atoms with Crippen molar-refractivity contribution in [1.29, 1.82) is 0 Å². The van der Waals surface area contributed by atoms with Crippen LogP contribution in [0.4, 0.5) is 0 Å². The lowest BCUT2D eigenvalue weighted by atomic mass is 9.93. The molecule has 3 fully saturated rings. The van der Waals surface area contributed by atoms with Gasteiger partial charge < -0.3 is 10.2 Å². The predicted octanol–water partition coefficient (Wildman–Crippen LogP) is 2.85. The molecule has 0 radical (unpaired) electrons. The highest BCUT2D eigenvalue weighted by molar-refractivity contribution is 4.97. The Morgan fingerprint density at radius 1 is 1.00 bits per heavy atom. The van der Waals surface area contributed by atoms with Crippen LogP contribution in [0.25, 0.3) is 0 Å². The summed E-state index contributed by atoms with van der Waals surface area (Å²) in [7, 11) is 0. The van der Waals surface area contributed by atoms with Gasteiger partial charge in [-0.15, -0.1) is 0 Å². The predicted molar refractivity (Wildman–Crippen MR) is 89.7 cm³/mol. The number of piperidine rings is 2. The van der Waals surface area contributed by atoms with Crippen molar-refractivity contribution in [3.63, 3.8) is 0 Å². The molecule has 3 aliphatic heterocycles. The van der Waals surface area contributed by atoms with E-state index >= 15 is 0 Å². The Hall–Kier alpha value is -0.120. The van der Waals surface area contributed by atoms with Crippen LogP contribution in [0.3, 0.4) is 0 Å². The van der Waals surface area contributed by atoms with Gasteiger partial charge in [0.25, 0.3) is 0 Å². The van der Waals surface area contributed by atoms with E-state index in [0.29, 0.717) is 0 Å². The van der Waals surface area contributed by atoms with Crippen LogP contribution in [0.1, 0.15) is 65.7 Å². The molecule has 1 N–H and O–H groups in total. The average Bonchev–Trinajstić information content (AvgIpc) is 2.83. The second-order valence-corrected chi connectivity index (χ2v) is 7.86. The molecule has 0 amide bonds. The minimum Gasteiger partial charge on any atom is -0.311 e. The molecule has 3 nitrogen and oxygen atoms in total.